The van der Waals surface area contributed by atoms with E-state index in [4.69, 9.17) is 0 Å². The lowest BCUT2D eigenvalue weighted by atomic mass is 10.2. The van der Waals surface area contributed by atoms with Gasteiger partial charge in [0.05, 0.1) is 0 Å². The van der Waals surface area contributed by atoms with Crippen molar-refractivity contribution >= 4 is 17.5 Å². The Labute approximate surface area is 142 Å². The van der Waals surface area contributed by atoms with Crippen LogP contribution in [-0.4, -0.2) is 47.2 Å². The van der Waals surface area contributed by atoms with Gasteiger partial charge in [-0.25, -0.2) is 0 Å². The largest absolute Gasteiger partial charge is 0.365 e. The summed E-state index contributed by atoms with van der Waals surface area (Å²) >= 11 is 0. The first kappa shape index (κ1) is 16.2. The van der Waals surface area contributed by atoms with Gasteiger partial charge in [-0.2, -0.15) is 0 Å². The molecule has 0 unspecified atom stereocenters. The first-order valence-corrected chi connectivity index (χ1v) is 8.40. The Morgan fingerprint density at radius 3 is 2.42 bits per heavy atom. The predicted octanol–water partition coefficient (Wildman–Crippen LogP) is 2.15. The molecule has 0 saturated carbocycles. The number of piperazine rings is 1. The Hall–Kier alpha value is -2.63. The summed E-state index contributed by atoms with van der Waals surface area (Å²) < 4.78 is 0. The number of rotatable bonds is 5. The van der Waals surface area contributed by atoms with Crippen molar-refractivity contribution in [1.29, 1.82) is 0 Å². The molecule has 1 saturated heterocycles. The summed E-state index contributed by atoms with van der Waals surface area (Å²) in [6.45, 7) is 5.74. The lowest BCUT2D eigenvalue weighted by Crippen LogP contribution is -2.48. The number of amides is 1. The van der Waals surface area contributed by atoms with Crippen molar-refractivity contribution in [3.63, 3.8) is 0 Å². The third kappa shape index (κ3) is 4.01. The molecule has 0 radical (unpaired) electrons. The topological polar surface area (TPSA) is 61.4 Å². The first-order valence-electron chi connectivity index (χ1n) is 8.40. The maximum Gasteiger partial charge on any atom is 0.222 e. The number of carbonyl (C=O) groups excluding carboxylic acids is 1. The molecule has 0 bridgehead atoms. The minimum Gasteiger partial charge on any atom is -0.365 e. The predicted molar refractivity (Wildman–Crippen MR) is 94.9 cm³/mol. The maximum atomic E-state index is 11.7. The minimum atomic E-state index is 0.223. The fourth-order valence-corrected chi connectivity index (χ4v) is 2.79. The summed E-state index contributed by atoms with van der Waals surface area (Å²) in [5, 5.41) is 11.8. The smallest absolute Gasteiger partial charge is 0.222 e. The van der Waals surface area contributed by atoms with E-state index in [1.807, 2.05) is 42.2 Å². The second kappa shape index (κ2) is 7.77. The molecule has 1 aromatic heterocycles. The van der Waals surface area contributed by atoms with Gasteiger partial charge in [-0.3, -0.25) is 4.79 Å². The lowest BCUT2D eigenvalue weighted by Gasteiger charge is -2.35. The zero-order valence-electron chi connectivity index (χ0n) is 14.0. The highest BCUT2D eigenvalue weighted by Gasteiger charge is 2.20. The van der Waals surface area contributed by atoms with Gasteiger partial charge in [-0.15, -0.1) is 10.2 Å². The summed E-state index contributed by atoms with van der Waals surface area (Å²) in [5.41, 5.74) is 1.21. The van der Waals surface area contributed by atoms with E-state index in [9.17, 15) is 4.79 Å². The molecule has 0 spiro atoms. The minimum absolute atomic E-state index is 0.223. The highest BCUT2D eigenvalue weighted by Crippen LogP contribution is 2.15. The molecule has 1 aromatic carbocycles. The molecule has 2 heterocycles. The first-order chi connectivity index (χ1) is 11.8. The number of nitrogens with one attached hydrogen (secondary N) is 1. The molecule has 0 aliphatic carbocycles. The Morgan fingerprint density at radius 1 is 1.04 bits per heavy atom. The van der Waals surface area contributed by atoms with Gasteiger partial charge >= 0.3 is 0 Å². The second-order valence-corrected chi connectivity index (χ2v) is 5.84. The van der Waals surface area contributed by atoms with Crippen LogP contribution in [0.15, 0.2) is 42.5 Å². The van der Waals surface area contributed by atoms with Gasteiger partial charge in [0.1, 0.15) is 5.82 Å². The summed E-state index contributed by atoms with van der Waals surface area (Å²) in [4.78, 5) is 15.8. The summed E-state index contributed by atoms with van der Waals surface area (Å²) in [7, 11) is 0. The van der Waals surface area contributed by atoms with Crippen LogP contribution in [0.1, 0.15) is 18.9 Å². The normalized spacial score (nSPS) is 14.5. The van der Waals surface area contributed by atoms with Crippen LogP contribution in [0, 0.1) is 0 Å². The molecule has 24 heavy (non-hydrogen) atoms. The van der Waals surface area contributed by atoms with Crippen molar-refractivity contribution in [2.24, 2.45) is 0 Å². The van der Waals surface area contributed by atoms with Crippen molar-refractivity contribution in [2.45, 2.75) is 19.9 Å². The van der Waals surface area contributed by atoms with E-state index in [2.05, 4.69) is 32.5 Å². The Bertz CT molecular complexity index is 651. The number of aromatic nitrogens is 2. The van der Waals surface area contributed by atoms with E-state index in [1.165, 1.54) is 5.56 Å². The van der Waals surface area contributed by atoms with E-state index in [1.54, 1.807) is 0 Å². The monoisotopic (exact) mass is 325 g/mol. The van der Waals surface area contributed by atoms with Crippen LogP contribution in [-0.2, 0) is 11.3 Å². The van der Waals surface area contributed by atoms with Crippen LogP contribution in [0.2, 0.25) is 0 Å². The van der Waals surface area contributed by atoms with Gasteiger partial charge in [0, 0.05) is 39.1 Å². The number of hydrogen-bond acceptors (Lipinski definition) is 5. The summed E-state index contributed by atoms with van der Waals surface area (Å²) in [6.07, 6.45) is 0.571. The van der Waals surface area contributed by atoms with Crippen LogP contribution in [0.5, 0.6) is 0 Å². The SMILES string of the molecule is CCC(=O)N1CCN(c2ccc(NCc3ccccc3)nn2)CC1. The third-order valence-corrected chi connectivity index (χ3v) is 4.23. The molecule has 6 heteroatoms. The molecule has 2 aromatic rings. The fraction of sp³-hybridized carbons (Fsp3) is 0.389. The molecule has 126 valence electrons. The van der Waals surface area contributed by atoms with Gasteiger partial charge in [-0.1, -0.05) is 37.3 Å². The number of hydrogen-bond donors (Lipinski definition) is 1. The van der Waals surface area contributed by atoms with Gasteiger partial charge < -0.3 is 15.1 Å². The van der Waals surface area contributed by atoms with Gasteiger partial charge in [-0.05, 0) is 17.7 Å². The Morgan fingerprint density at radius 2 is 1.79 bits per heavy atom. The summed E-state index contributed by atoms with van der Waals surface area (Å²) in [5.74, 6) is 1.85. The molecule has 6 nitrogen and oxygen atoms in total. The van der Waals surface area contributed by atoms with Crippen LogP contribution >= 0.6 is 0 Å². The Kier molecular flexibility index (Phi) is 5.25. The van der Waals surface area contributed by atoms with E-state index >= 15 is 0 Å². The average molecular weight is 325 g/mol. The standard InChI is InChI=1S/C18H23N5O/c1-2-18(24)23-12-10-22(11-13-23)17-9-8-16(20-21-17)19-14-15-6-4-3-5-7-15/h3-9H,2,10-14H2,1H3,(H,19,20). The Balaban J connectivity index is 1.52. The molecule has 3 rings (SSSR count). The van der Waals surface area contributed by atoms with Crippen molar-refractivity contribution in [3.8, 4) is 0 Å². The van der Waals surface area contributed by atoms with E-state index < -0.39 is 0 Å². The average Bonchev–Trinajstić information content (AvgIpc) is 2.67. The molecule has 1 N–H and O–H groups in total. The molecule has 0 atom stereocenters. The zero-order valence-corrected chi connectivity index (χ0v) is 14.0. The fourth-order valence-electron chi connectivity index (χ4n) is 2.79. The number of nitrogens with zero attached hydrogens (tertiary/aromatic N) is 4. The van der Waals surface area contributed by atoms with E-state index in [0.717, 1.165) is 44.4 Å². The maximum absolute atomic E-state index is 11.7. The van der Waals surface area contributed by atoms with Gasteiger partial charge in [0.15, 0.2) is 5.82 Å². The molecular formula is C18H23N5O. The zero-order chi connectivity index (χ0) is 16.8. The third-order valence-electron chi connectivity index (χ3n) is 4.23. The van der Waals surface area contributed by atoms with Crippen molar-refractivity contribution in [1.82, 2.24) is 15.1 Å². The van der Waals surface area contributed by atoms with Gasteiger partial charge in [0.25, 0.3) is 0 Å². The van der Waals surface area contributed by atoms with Crippen LogP contribution < -0.4 is 10.2 Å². The van der Waals surface area contributed by atoms with Crippen LogP contribution in [0.3, 0.4) is 0 Å². The van der Waals surface area contributed by atoms with Crippen molar-refractivity contribution < 1.29 is 4.79 Å². The number of benzene rings is 1. The summed E-state index contributed by atoms with van der Waals surface area (Å²) in [6, 6.07) is 14.1. The molecule has 1 amide bonds. The lowest BCUT2D eigenvalue weighted by molar-refractivity contribution is -0.131. The molecular weight excluding hydrogens is 302 g/mol. The number of anilines is 2. The molecule has 1 aliphatic heterocycles. The van der Waals surface area contributed by atoms with Crippen LogP contribution in [0.4, 0.5) is 11.6 Å². The highest BCUT2D eigenvalue weighted by atomic mass is 16.2. The quantitative estimate of drug-likeness (QED) is 0.913. The van der Waals surface area contributed by atoms with Gasteiger partial charge in [0.2, 0.25) is 5.91 Å². The van der Waals surface area contributed by atoms with E-state index in [0.29, 0.717) is 6.42 Å². The number of carbonyl (C=O) groups is 1. The van der Waals surface area contributed by atoms with E-state index in [-0.39, 0.29) is 5.91 Å². The van der Waals surface area contributed by atoms with Crippen molar-refractivity contribution in [2.75, 3.05) is 36.4 Å². The highest BCUT2D eigenvalue weighted by molar-refractivity contribution is 5.76. The van der Waals surface area contributed by atoms with Crippen molar-refractivity contribution in [3.05, 3.63) is 48.0 Å². The molecule has 1 aliphatic rings. The molecule has 1 fully saturated rings. The second-order valence-electron chi connectivity index (χ2n) is 5.84. The van der Waals surface area contributed by atoms with Crippen LogP contribution in [0.25, 0.3) is 0 Å².